The normalized spacial score (nSPS) is 14.4. The first kappa shape index (κ1) is 33.1. The molecule has 3 aromatic carbocycles. The Morgan fingerprint density at radius 3 is 2.20 bits per heavy atom. The van der Waals surface area contributed by atoms with Gasteiger partial charge in [-0.05, 0) is 73.4 Å². The molecule has 1 N–H and O–H groups in total. The molecule has 3 aromatic rings. The van der Waals surface area contributed by atoms with Gasteiger partial charge in [0.05, 0.1) is 24.8 Å². The summed E-state index contributed by atoms with van der Waals surface area (Å²) in [5, 5.41) is 3.70. The number of ether oxygens (including phenoxy) is 2. The van der Waals surface area contributed by atoms with Crippen LogP contribution >= 0.6 is 11.6 Å². The second-order valence-electron chi connectivity index (χ2n) is 10.8. The molecule has 1 fully saturated rings. The Hall–Kier alpha value is -3.76. The third-order valence-electron chi connectivity index (χ3n) is 7.88. The van der Waals surface area contributed by atoms with Crippen molar-refractivity contribution in [3.8, 4) is 11.5 Å². The number of amides is 2. The van der Waals surface area contributed by atoms with Gasteiger partial charge in [0.15, 0.2) is 0 Å². The number of halogens is 1. The Balaban J connectivity index is 1.73. The number of benzene rings is 3. The molecule has 0 aromatic heterocycles. The number of hydrogen-bond acceptors (Lipinski definition) is 6. The summed E-state index contributed by atoms with van der Waals surface area (Å²) in [5.41, 5.74) is 0.957. The number of carbonyl (C=O) groups excluding carboxylic acids is 2. The van der Waals surface area contributed by atoms with Gasteiger partial charge in [-0.2, -0.15) is 0 Å². The van der Waals surface area contributed by atoms with E-state index in [1.54, 1.807) is 60.7 Å². The van der Waals surface area contributed by atoms with Crippen LogP contribution in [-0.4, -0.2) is 58.0 Å². The van der Waals surface area contributed by atoms with Crippen molar-refractivity contribution in [2.45, 2.75) is 69.0 Å². The third kappa shape index (κ3) is 8.04. The maximum absolute atomic E-state index is 14.3. The van der Waals surface area contributed by atoms with Crippen LogP contribution in [0.5, 0.6) is 11.5 Å². The Bertz CT molecular complexity index is 1510. The van der Waals surface area contributed by atoms with Crippen molar-refractivity contribution < 1.29 is 27.5 Å². The van der Waals surface area contributed by atoms with E-state index in [2.05, 4.69) is 5.32 Å². The summed E-state index contributed by atoms with van der Waals surface area (Å²) in [5.74, 6) is -0.00588. The van der Waals surface area contributed by atoms with Crippen LogP contribution in [0.25, 0.3) is 0 Å². The molecule has 0 heterocycles. The zero-order valence-corrected chi connectivity index (χ0v) is 26.9. The van der Waals surface area contributed by atoms with Crippen LogP contribution in [0.15, 0.2) is 77.7 Å². The summed E-state index contributed by atoms with van der Waals surface area (Å²) in [6, 6.07) is 18.8. The lowest BCUT2D eigenvalue weighted by atomic mass is 9.95. The summed E-state index contributed by atoms with van der Waals surface area (Å²) in [6.07, 6.45) is 5.38. The van der Waals surface area contributed by atoms with E-state index in [1.165, 1.54) is 31.3 Å². The maximum Gasteiger partial charge on any atom is 0.264 e. The predicted molar refractivity (Wildman–Crippen MR) is 172 cm³/mol. The topological polar surface area (TPSA) is 105 Å². The van der Waals surface area contributed by atoms with Crippen LogP contribution < -0.4 is 19.1 Å². The summed E-state index contributed by atoms with van der Waals surface area (Å²) in [4.78, 5) is 29.4. The third-order valence-corrected chi connectivity index (χ3v) is 9.91. The van der Waals surface area contributed by atoms with Crippen molar-refractivity contribution in [2.75, 3.05) is 25.1 Å². The maximum atomic E-state index is 14.3. The molecule has 0 radical (unpaired) electrons. The molecular formula is C33H40ClN3O6S. The van der Waals surface area contributed by atoms with Gasteiger partial charge in [0.1, 0.15) is 24.1 Å². The zero-order chi connectivity index (χ0) is 31.7. The van der Waals surface area contributed by atoms with Crippen molar-refractivity contribution in [1.82, 2.24) is 10.2 Å². The van der Waals surface area contributed by atoms with E-state index in [1.807, 2.05) is 6.92 Å². The number of nitrogens with one attached hydrogen (secondary N) is 1. The Labute approximate surface area is 265 Å². The van der Waals surface area contributed by atoms with Gasteiger partial charge in [-0.15, -0.1) is 0 Å². The molecule has 11 heteroatoms. The Kier molecular flexibility index (Phi) is 11.5. The zero-order valence-electron chi connectivity index (χ0n) is 25.4. The smallest absolute Gasteiger partial charge is 0.264 e. The molecule has 0 aliphatic heterocycles. The van der Waals surface area contributed by atoms with Crippen LogP contribution in [0, 0.1) is 0 Å². The number of methoxy groups -OCH3 is 2. The molecule has 0 spiro atoms. The van der Waals surface area contributed by atoms with Gasteiger partial charge in [-0.3, -0.25) is 13.9 Å². The number of sulfonamides is 1. The van der Waals surface area contributed by atoms with Crippen LogP contribution in [-0.2, 0) is 26.2 Å². The minimum Gasteiger partial charge on any atom is -0.497 e. The number of carbonyl (C=O) groups is 2. The molecule has 1 aliphatic rings. The summed E-state index contributed by atoms with van der Waals surface area (Å²) in [6.45, 7) is 1.38. The van der Waals surface area contributed by atoms with E-state index in [0.29, 0.717) is 17.2 Å². The van der Waals surface area contributed by atoms with Crippen molar-refractivity contribution in [1.29, 1.82) is 0 Å². The second kappa shape index (κ2) is 15.3. The van der Waals surface area contributed by atoms with Crippen molar-refractivity contribution in [3.05, 3.63) is 83.4 Å². The van der Waals surface area contributed by atoms with Crippen LogP contribution in [0.2, 0.25) is 5.02 Å². The van der Waals surface area contributed by atoms with Crippen LogP contribution in [0.3, 0.4) is 0 Å². The second-order valence-corrected chi connectivity index (χ2v) is 13.1. The molecule has 0 bridgehead atoms. The molecule has 236 valence electrons. The molecule has 4 rings (SSSR count). The minimum atomic E-state index is -4.26. The molecule has 1 aliphatic carbocycles. The van der Waals surface area contributed by atoms with Gasteiger partial charge in [-0.25, -0.2) is 8.42 Å². The van der Waals surface area contributed by atoms with Crippen molar-refractivity contribution >= 4 is 39.1 Å². The van der Waals surface area contributed by atoms with Crippen LogP contribution in [0.1, 0.15) is 51.0 Å². The molecule has 0 saturated heterocycles. The first-order chi connectivity index (χ1) is 21.2. The first-order valence-electron chi connectivity index (χ1n) is 14.8. The van der Waals surface area contributed by atoms with Gasteiger partial charge in [0.25, 0.3) is 10.0 Å². The minimum absolute atomic E-state index is 0.0247. The highest BCUT2D eigenvalue weighted by molar-refractivity contribution is 7.92. The lowest BCUT2D eigenvalue weighted by Crippen LogP contribution is -2.54. The highest BCUT2D eigenvalue weighted by Crippen LogP contribution is 2.33. The van der Waals surface area contributed by atoms with E-state index in [0.717, 1.165) is 42.0 Å². The lowest BCUT2D eigenvalue weighted by Gasteiger charge is -2.34. The fourth-order valence-electron chi connectivity index (χ4n) is 5.47. The fraction of sp³-hybridized carbons (Fsp3) is 0.394. The molecule has 2 amide bonds. The Morgan fingerprint density at radius 1 is 0.932 bits per heavy atom. The molecular weight excluding hydrogens is 602 g/mol. The SMILES string of the molecule is CC[C@H](C(=O)NC1CCCCC1)N(Cc1ccc(Cl)cc1)C(=O)CN(c1ccccc1OC)S(=O)(=O)c1ccc(OC)cc1. The number of anilines is 1. The summed E-state index contributed by atoms with van der Waals surface area (Å²) >= 11 is 6.11. The molecule has 1 atom stereocenters. The van der Waals surface area contributed by atoms with E-state index >= 15 is 0 Å². The number of rotatable bonds is 13. The van der Waals surface area contributed by atoms with Crippen molar-refractivity contribution in [3.63, 3.8) is 0 Å². The van der Waals surface area contributed by atoms with Gasteiger partial charge in [-0.1, -0.05) is 62.1 Å². The standard InChI is InChI=1S/C33H40ClN3O6S/c1-4-29(33(39)35-26-10-6-5-7-11-26)36(22-24-14-16-25(34)17-15-24)32(38)23-37(30-12-8-9-13-31(30)43-3)44(40,41)28-20-18-27(42-2)19-21-28/h8-9,12-21,26,29H,4-7,10-11,22-23H2,1-3H3,(H,35,39)/t29-/m1/s1. The largest absolute Gasteiger partial charge is 0.497 e. The van der Waals surface area contributed by atoms with E-state index in [4.69, 9.17) is 21.1 Å². The van der Waals surface area contributed by atoms with E-state index in [9.17, 15) is 18.0 Å². The highest BCUT2D eigenvalue weighted by Gasteiger charge is 2.35. The Morgan fingerprint density at radius 2 is 1.59 bits per heavy atom. The molecule has 1 saturated carbocycles. The van der Waals surface area contributed by atoms with E-state index in [-0.39, 0.29) is 34.8 Å². The number of nitrogens with zero attached hydrogens (tertiary/aromatic N) is 2. The average molecular weight is 642 g/mol. The first-order valence-corrected chi connectivity index (χ1v) is 16.6. The molecule has 9 nitrogen and oxygen atoms in total. The number of hydrogen-bond donors (Lipinski definition) is 1. The average Bonchev–Trinajstić information content (AvgIpc) is 3.04. The lowest BCUT2D eigenvalue weighted by molar-refractivity contribution is -0.140. The van der Waals surface area contributed by atoms with Crippen molar-refractivity contribution in [2.24, 2.45) is 0 Å². The number of para-hydroxylation sites is 2. The van der Waals surface area contributed by atoms with Gasteiger partial charge in [0.2, 0.25) is 11.8 Å². The molecule has 0 unspecified atom stereocenters. The summed E-state index contributed by atoms with van der Waals surface area (Å²) in [7, 11) is -1.33. The van der Waals surface area contributed by atoms with Crippen LogP contribution in [0.4, 0.5) is 5.69 Å². The molecule has 44 heavy (non-hydrogen) atoms. The quantitative estimate of drug-likeness (QED) is 0.253. The van der Waals surface area contributed by atoms with E-state index < -0.39 is 28.5 Å². The van der Waals surface area contributed by atoms with Gasteiger partial charge in [0, 0.05) is 17.6 Å². The highest BCUT2D eigenvalue weighted by atomic mass is 35.5. The predicted octanol–water partition coefficient (Wildman–Crippen LogP) is 5.81. The summed E-state index contributed by atoms with van der Waals surface area (Å²) < 4.78 is 40.1. The van der Waals surface area contributed by atoms with Gasteiger partial charge < -0.3 is 19.7 Å². The fourth-order valence-corrected chi connectivity index (χ4v) is 7.03. The monoisotopic (exact) mass is 641 g/mol. The van der Waals surface area contributed by atoms with Gasteiger partial charge >= 0.3 is 0 Å².